The molecule has 0 aromatic heterocycles. The minimum absolute atomic E-state index is 0.00266. The lowest BCUT2D eigenvalue weighted by Crippen LogP contribution is -2.29. The van der Waals surface area contributed by atoms with Crippen LogP contribution in [-0.4, -0.2) is 43.7 Å². The van der Waals surface area contributed by atoms with Gasteiger partial charge in [-0.1, -0.05) is 18.5 Å². The van der Waals surface area contributed by atoms with Gasteiger partial charge in [0.25, 0.3) is 10.1 Å². The number of hydrogen-bond acceptors (Lipinski definition) is 4. The van der Waals surface area contributed by atoms with E-state index in [1.807, 2.05) is 0 Å². The first kappa shape index (κ1) is 15.1. The van der Waals surface area contributed by atoms with Crippen molar-refractivity contribution in [2.75, 3.05) is 13.1 Å². The summed E-state index contributed by atoms with van der Waals surface area (Å²) in [6.45, 7) is 2.06. The molecule has 1 aromatic rings. The highest BCUT2D eigenvalue weighted by molar-refractivity contribution is 7.86. The van der Waals surface area contributed by atoms with Crippen LogP contribution >= 0.6 is 11.6 Å². The molecule has 0 spiro atoms. The van der Waals surface area contributed by atoms with Gasteiger partial charge in [0.05, 0.1) is 17.5 Å². The Morgan fingerprint density at radius 2 is 1.95 bits per heavy atom. The predicted molar refractivity (Wildman–Crippen MR) is 72.3 cm³/mol. The SMILES string of the molecule is C[C@@H]1CN(C(=O)O)C[C@H]1OS(=O)(=O)c1ccc(Cl)cc1. The molecular weight excluding hydrogens is 306 g/mol. The largest absolute Gasteiger partial charge is 0.465 e. The molecule has 6 nitrogen and oxygen atoms in total. The maximum atomic E-state index is 12.1. The monoisotopic (exact) mass is 319 g/mol. The molecule has 1 N–H and O–H groups in total. The van der Waals surface area contributed by atoms with Crippen LogP contribution in [0, 0.1) is 5.92 Å². The van der Waals surface area contributed by atoms with Crippen molar-refractivity contribution in [2.45, 2.75) is 17.9 Å². The fourth-order valence-corrected chi connectivity index (χ4v) is 3.32. The van der Waals surface area contributed by atoms with Gasteiger partial charge in [-0.3, -0.25) is 4.18 Å². The molecule has 8 heteroatoms. The van der Waals surface area contributed by atoms with Crippen LogP contribution in [0.3, 0.4) is 0 Å². The Bertz CT molecular complexity index is 601. The second-order valence-electron chi connectivity index (χ2n) is 4.71. The van der Waals surface area contributed by atoms with Gasteiger partial charge in [-0.2, -0.15) is 8.42 Å². The topological polar surface area (TPSA) is 83.9 Å². The smallest absolute Gasteiger partial charge is 0.407 e. The van der Waals surface area contributed by atoms with Gasteiger partial charge in [-0.15, -0.1) is 0 Å². The van der Waals surface area contributed by atoms with Crippen molar-refractivity contribution in [1.29, 1.82) is 0 Å². The Balaban J connectivity index is 2.13. The van der Waals surface area contributed by atoms with Crippen molar-refractivity contribution in [3.63, 3.8) is 0 Å². The third kappa shape index (κ3) is 3.23. The molecule has 1 aliphatic heterocycles. The van der Waals surface area contributed by atoms with E-state index >= 15 is 0 Å². The Labute approximate surface area is 122 Å². The number of carbonyl (C=O) groups is 1. The quantitative estimate of drug-likeness (QED) is 0.862. The summed E-state index contributed by atoms with van der Waals surface area (Å²) in [5.41, 5.74) is 0. The molecule has 1 aromatic carbocycles. The van der Waals surface area contributed by atoms with Crippen LogP contribution in [0.5, 0.6) is 0 Å². The fourth-order valence-electron chi connectivity index (χ4n) is 2.04. The zero-order valence-corrected chi connectivity index (χ0v) is 12.3. The lowest BCUT2D eigenvalue weighted by molar-refractivity contribution is 0.145. The molecule has 0 bridgehead atoms. The van der Waals surface area contributed by atoms with E-state index in [0.717, 1.165) is 4.90 Å². The molecule has 1 aliphatic rings. The van der Waals surface area contributed by atoms with Gasteiger partial charge in [0.1, 0.15) is 0 Å². The number of hydrogen-bond donors (Lipinski definition) is 1. The minimum Gasteiger partial charge on any atom is -0.465 e. The van der Waals surface area contributed by atoms with Crippen molar-refractivity contribution in [3.05, 3.63) is 29.3 Å². The third-order valence-corrected chi connectivity index (χ3v) is 4.77. The van der Waals surface area contributed by atoms with Gasteiger partial charge in [0.15, 0.2) is 0 Å². The standard InChI is InChI=1S/C12H14ClNO5S/c1-8-6-14(12(15)16)7-11(8)19-20(17,18)10-4-2-9(13)3-5-10/h2-5,8,11H,6-7H2,1H3,(H,15,16)/t8-,11-/m1/s1. The first-order valence-electron chi connectivity index (χ1n) is 5.96. The molecule has 0 saturated carbocycles. The van der Waals surface area contributed by atoms with Crippen LogP contribution in [0.2, 0.25) is 5.02 Å². The zero-order chi connectivity index (χ0) is 14.9. The van der Waals surface area contributed by atoms with Crippen LogP contribution in [0.4, 0.5) is 4.79 Å². The average molecular weight is 320 g/mol. The second kappa shape index (κ2) is 5.59. The molecule has 1 fully saturated rings. The highest BCUT2D eigenvalue weighted by atomic mass is 35.5. The normalized spacial score (nSPS) is 23.0. The molecule has 2 atom stereocenters. The molecule has 1 saturated heterocycles. The van der Waals surface area contributed by atoms with E-state index in [1.165, 1.54) is 24.3 Å². The summed E-state index contributed by atoms with van der Waals surface area (Å²) in [5.74, 6) is -0.187. The molecule has 2 rings (SSSR count). The minimum atomic E-state index is -3.92. The van der Waals surface area contributed by atoms with Crippen molar-refractivity contribution in [3.8, 4) is 0 Å². The predicted octanol–water partition coefficient (Wildman–Crippen LogP) is 2.04. The second-order valence-corrected chi connectivity index (χ2v) is 6.72. The molecule has 1 amide bonds. The Morgan fingerprint density at radius 1 is 1.35 bits per heavy atom. The maximum Gasteiger partial charge on any atom is 0.407 e. The molecule has 1 heterocycles. The van der Waals surface area contributed by atoms with Crippen LogP contribution in [0.1, 0.15) is 6.92 Å². The number of benzene rings is 1. The van der Waals surface area contributed by atoms with Crippen LogP contribution in [-0.2, 0) is 14.3 Å². The number of carboxylic acid groups (broad SMARTS) is 1. The van der Waals surface area contributed by atoms with Crippen molar-refractivity contribution >= 4 is 27.8 Å². The first-order valence-corrected chi connectivity index (χ1v) is 7.75. The van der Waals surface area contributed by atoms with E-state index in [2.05, 4.69) is 0 Å². The van der Waals surface area contributed by atoms with Crippen molar-refractivity contribution in [2.24, 2.45) is 5.92 Å². The Hall–Kier alpha value is -1.31. The molecule has 110 valence electrons. The van der Waals surface area contributed by atoms with E-state index in [9.17, 15) is 13.2 Å². The van der Waals surface area contributed by atoms with E-state index in [1.54, 1.807) is 6.92 Å². The van der Waals surface area contributed by atoms with Crippen molar-refractivity contribution < 1.29 is 22.5 Å². The summed E-state index contributed by atoms with van der Waals surface area (Å²) in [6.07, 6.45) is -1.75. The van der Waals surface area contributed by atoms with Crippen LogP contribution < -0.4 is 0 Å². The van der Waals surface area contributed by atoms with Crippen LogP contribution in [0.25, 0.3) is 0 Å². The van der Waals surface area contributed by atoms with Gasteiger partial charge in [0.2, 0.25) is 0 Å². The van der Waals surface area contributed by atoms with E-state index in [4.69, 9.17) is 20.9 Å². The first-order chi connectivity index (χ1) is 9.29. The molecule has 0 radical (unpaired) electrons. The third-order valence-electron chi connectivity index (χ3n) is 3.17. The van der Waals surface area contributed by atoms with Gasteiger partial charge in [0, 0.05) is 17.5 Å². The average Bonchev–Trinajstić information content (AvgIpc) is 2.71. The molecular formula is C12H14ClNO5S. The maximum absolute atomic E-state index is 12.1. The molecule has 20 heavy (non-hydrogen) atoms. The summed E-state index contributed by atoms with van der Waals surface area (Å²) in [7, 11) is -3.92. The van der Waals surface area contributed by atoms with Crippen molar-refractivity contribution in [1.82, 2.24) is 4.90 Å². The number of halogens is 1. The van der Waals surface area contributed by atoms with Gasteiger partial charge < -0.3 is 10.0 Å². The lowest BCUT2D eigenvalue weighted by atomic mass is 10.1. The highest BCUT2D eigenvalue weighted by Gasteiger charge is 2.36. The van der Waals surface area contributed by atoms with Crippen LogP contribution in [0.15, 0.2) is 29.2 Å². The summed E-state index contributed by atoms with van der Waals surface area (Å²) in [4.78, 5) is 12.0. The van der Waals surface area contributed by atoms with E-state index in [0.29, 0.717) is 5.02 Å². The summed E-state index contributed by atoms with van der Waals surface area (Å²) in [5, 5.41) is 9.33. The number of amides is 1. The number of nitrogens with zero attached hydrogens (tertiary/aromatic N) is 1. The molecule has 0 aliphatic carbocycles. The van der Waals surface area contributed by atoms with Gasteiger partial charge in [-0.05, 0) is 24.3 Å². The zero-order valence-electron chi connectivity index (χ0n) is 10.7. The lowest BCUT2D eigenvalue weighted by Gasteiger charge is -2.15. The summed E-state index contributed by atoms with van der Waals surface area (Å²) >= 11 is 5.70. The van der Waals surface area contributed by atoms with Gasteiger partial charge in [-0.25, -0.2) is 4.79 Å². The van der Waals surface area contributed by atoms with Gasteiger partial charge >= 0.3 is 6.09 Å². The Morgan fingerprint density at radius 3 is 2.45 bits per heavy atom. The Kier molecular flexibility index (Phi) is 4.22. The fraction of sp³-hybridized carbons (Fsp3) is 0.417. The summed E-state index contributed by atoms with van der Waals surface area (Å²) in [6, 6.07) is 5.62. The van der Waals surface area contributed by atoms with E-state index in [-0.39, 0.29) is 23.9 Å². The molecule has 0 unspecified atom stereocenters. The summed E-state index contributed by atoms with van der Waals surface area (Å²) < 4.78 is 29.3. The number of likely N-dealkylation sites (tertiary alicyclic amines) is 1. The highest BCUT2D eigenvalue weighted by Crippen LogP contribution is 2.24. The van der Waals surface area contributed by atoms with E-state index < -0.39 is 22.3 Å². The number of rotatable bonds is 3.